The zero-order valence-electron chi connectivity index (χ0n) is 16.9. The molecule has 0 saturated heterocycles. The van der Waals surface area contributed by atoms with Gasteiger partial charge in [-0.15, -0.1) is 11.8 Å². The summed E-state index contributed by atoms with van der Waals surface area (Å²) in [6, 6.07) is 13.0. The summed E-state index contributed by atoms with van der Waals surface area (Å²) in [5.74, 6) is -0.714. The SMILES string of the molecule is CCOc1ccc(SCC(=O)Nc2ccc(NC(=O)c3ccco3)cc2C(F)(F)F)cc1. The van der Waals surface area contributed by atoms with Crippen LogP contribution in [0.1, 0.15) is 23.0 Å². The molecule has 2 aromatic carbocycles. The first-order valence-electron chi connectivity index (χ1n) is 9.48. The minimum atomic E-state index is -4.74. The number of benzene rings is 2. The number of thioether (sulfide) groups is 1. The van der Waals surface area contributed by atoms with Crippen LogP contribution in [-0.2, 0) is 11.0 Å². The molecule has 0 saturated carbocycles. The third-order valence-corrected chi connectivity index (χ3v) is 5.12. The Morgan fingerprint density at radius 2 is 1.81 bits per heavy atom. The smallest absolute Gasteiger partial charge is 0.418 e. The van der Waals surface area contributed by atoms with E-state index in [1.54, 1.807) is 24.3 Å². The first kappa shape index (κ1) is 23.3. The van der Waals surface area contributed by atoms with Gasteiger partial charge in [0.2, 0.25) is 5.91 Å². The number of alkyl halides is 3. The minimum Gasteiger partial charge on any atom is -0.494 e. The Balaban J connectivity index is 1.66. The van der Waals surface area contributed by atoms with E-state index in [1.807, 2.05) is 6.92 Å². The summed E-state index contributed by atoms with van der Waals surface area (Å²) >= 11 is 1.18. The number of hydrogen-bond donors (Lipinski definition) is 2. The van der Waals surface area contributed by atoms with E-state index >= 15 is 0 Å². The van der Waals surface area contributed by atoms with Crippen molar-refractivity contribution in [2.45, 2.75) is 18.0 Å². The lowest BCUT2D eigenvalue weighted by Gasteiger charge is -2.15. The predicted octanol–water partition coefficient (Wildman–Crippen LogP) is 5.68. The van der Waals surface area contributed by atoms with Gasteiger partial charge >= 0.3 is 6.18 Å². The molecule has 0 aliphatic heterocycles. The van der Waals surface area contributed by atoms with Crippen LogP contribution in [0.4, 0.5) is 24.5 Å². The third kappa shape index (κ3) is 6.30. The average Bonchev–Trinajstić information content (AvgIpc) is 3.29. The number of nitrogens with one attached hydrogen (secondary N) is 2. The molecule has 6 nitrogen and oxygen atoms in total. The van der Waals surface area contributed by atoms with Crippen LogP contribution in [0.15, 0.2) is 70.2 Å². The molecule has 1 heterocycles. The van der Waals surface area contributed by atoms with E-state index in [0.717, 1.165) is 17.0 Å². The largest absolute Gasteiger partial charge is 0.494 e. The fourth-order valence-corrected chi connectivity index (χ4v) is 3.40. The Labute approximate surface area is 186 Å². The van der Waals surface area contributed by atoms with E-state index < -0.39 is 29.2 Å². The summed E-state index contributed by atoms with van der Waals surface area (Å²) in [5, 5.41) is 4.63. The van der Waals surface area contributed by atoms with Crippen molar-refractivity contribution in [3.05, 3.63) is 72.2 Å². The summed E-state index contributed by atoms with van der Waals surface area (Å²) in [7, 11) is 0. The normalized spacial score (nSPS) is 11.1. The second-order valence-corrected chi connectivity index (χ2v) is 7.48. The van der Waals surface area contributed by atoms with Crippen molar-refractivity contribution in [2.75, 3.05) is 23.0 Å². The number of carbonyl (C=O) groups excluding carboxylic acids is 2. The maximum absolute atomic E-state index is 13.5. The highest BCUT2D eigenvalue weighted by molar-refractivity contribution is 8.00. The fraction of sp³-hybridized carbons (Fsp3) is 0.182. The topological polar surface area (TPSA) is 80.6 Å². The molecule has 3 aromatic rings. The molecule has 32 heavy (non-hydrogen) atoms. The second kappa shape index (κ2) is 10.3. The molecule has 2 N–H and O–H groups in total. The highest BCUT2D eigenvalue weighted by Crippen LogP contribution is 2.37. The van der Waals surface area contributed by atoms with Gasteiger partial charge in [-0.3, -0.25) is 9.59 Å². The summed E-state index contributed by atoms with van der Waals surface area (Å²) in [6.07, 6.45) is -3.46. The molecule has 0 fully saturated rings. The summed E-state index contributed by atoms with van der Waals surface area (Å²) in [5.41, 5.74) is -1.56. The monoisotopic (exact) mass is 464 g/mol. The Morgan fingerprint density at radius 3 is 2.44 bits per heavy atom. The summed E-state index contributed by atoms with van der Waals surface area (Å²) in [6.45, 7) is 2.39. The first-order chi connectivity index (χ1) is 15.3. The average molecular weight is 464 g/mol. The van der Waals surface area contributed by atoms with Gasteiger partial charge in [0.1, 0.15) is 5.75 Å². The van der Waals surface area contributed by atoms with E-state index in [-0.39, 0.29) is 17.2 Å². The van der Waals surface area contributed by atoms with Crippen molar-refractivity contribution in [1.29, 1.82) is 0 Å². The van der Waals surface area contributed by atoms with Crippen molar-refractivity contribution < 1.29 is 31.9 Å². The van der Waals surface area contributed by atoms with Crippen molar-refractivity contribution in [3.8, 4) is 5.75 Å². The third-order valence-electron chi connectivity index (χ3n) is 4.11. The molecule has 0 aliphatic carbocycles. The van der Waals surface area contributed by atoms with Gasteiger partial charge < -0.3 is 19.8 Å². The van der Waals surface area contributed by atoms with E-state index in [0.29, 0.717) is 12.4 Å². The predicted molar refractivity (Wildman–Crippen MR) is 115 cm³/mol. The molecular weight excluding hydrogens is 445 g/mol. The quantitative estimate of drug-likeness (QED) is 0.419. The zero-order valence-corrected chi connectivity index (χ0v) is 17.7. The zero-order chi connectivity index (χ0) is 23.1. The van der Waals surface area contributed by atoms with Gasteiger partial charge in [-0.1, -0.05) is 0 Å². The van der Waals surface area contributed by atoms with Gasteiger partial charge in [0.05, 0.1) is 29.9 Å². The number of carbonyl (C=O) groups is 2. The van der Waals surface area contributed by atoms with Crippen LogP contribution in [-0.4, -0.2) is 24.2 Å². The van der Waals surface area contributed by atoms with Crippen molar-refractivity contribution >= 4 is 35.0 Å². The number of hydrogen-bond acceptors (Lipinski definition) is 5. The maximum Gasteiger partial charge on any atom is 0.418 e. The Bertz CT molecular complexity index is 1070. The molecule has 0 atom stereocenters. The van der Waals surface area contributed by atoms with Crippen LogP contribution in [0.25, 0.3) is 0 Å². The lowest BCUT2D eigenvalue weighted by atomic mass is 10.1. The van der Waals surface area contributed by atoms with Crippen LogP contribution < -0.4 is 15.4 Å². The number of halogens is 3. The Morgan fingerprint density at radius 1 is 1.06 bits per heavy atom. The van der Waals surface area contributed by atoms with Gasteiger partial charge in [0.25, 0.3) is 5.91 Å². The van der Waals surface area contributed by atoms with E-state index in [1.165, 1.54) is 36.2 Å². The van der Waals surface area contributed by atoms with Crippen molar-refractivity contribution in [2.24, 2.45) is 0 Å². The molecule has 0 aliphatic rings. The molecule has 10 heteroatoms. The number of furan rings is 1. The summed E-state index contributed by atoms with van der Waals surface area (Å²) < 4.78 is 50.9. The highest BCUT2D eigenvalue weighted by Gasteiger charge is 2.34. The second-order valence-electron chi connectivity index (χ2n) is 6.43. The number of ether oxygens (including phenoxy) is 1. The Hall–Kier alpha value is -3.40. The van der Waals surface area contributed by atoms with Crippen molar-refractivity contribution in [3.63, 3.8) is 0 Å². The van der Waals surface area contributed by atoms with Gasteiger partial charge in [-0.05, 0) is 61.5 Å². The standard InChI is InChI=1S/C22H19F3N2O4S/c1-2-30-15-6-8-16(9-7-15)32-13-20(28)27-18-10-5-14(12-17(18)22(23,24)25)26-21(29)19-4-3-11-31-19/h3-12H,2,13H2,1H3,(H,26,29)(H,27,28). The van der Waals surface area contributed by atoms with Crippen LogP contribution >= 0.6 is 11.8 Å². The van der Waals surface area contributed by atoms with E-state index in [4.69, 9.17) is 9.15 Å². The van der Waals surface area contributed by atoms with Gasteiger partial charge in [-0.25, -0.2) is 0 Å². The van der Waals surface area contributed by atoms with Crippen LogP contribution in [0.2, 0.25) is 0 Å². The van der Waals surface area contributed by atoms with Gasteiger partial charge in [0, 0.05) is 10.6 Å². The molecule has 0 unspecified atom stereocenters. The molecule has 3 rings (SSSR count). The lowest BCUT2D eigenvalue weighted by Crippen LogP contribution is -2.19. The van der Waals surface area contributed by atoms with Gasteiger partial charge in [-0.2, -0.15) is 13.2 Å². The molecular formula is C22H19F3N2O4S. The molecule has 2 amide bonds. The van der Waals surface area contributed by atoms with E-state index in [2.05, 4.69) is 10.6 Å². The van der Waals surface area contributed by atoms with E-state index in [9.17, 15) is 22.8 Å². The molecule has 1 aromatic heterocycles. The molecule has 0 radical (unpaired) electrons. The summed E-state index contributed by atoms with van der Waals surface area (Å²) in [4.78, 5) is 25.0. The van der Waals surface area contributed by atoms with Crippen LogP contribution in [0.5, 0.6) is 5.75 Å². The molecule has 0 bridgehead atoms. The number of rotatable bonds is 8. The highest BCUT2D eigenvalue weighted by atomic mass is 32.2. The number of anilines is 2. The van der Waals surface area contributed by atoms with Crippen molar-refractivity contribution in [1.82, 2.24) is 0 Å². The maximum atomic E-state index is 13.5. The fourth-order valence-electron chi connectivity index (χ4n) is 2.70. The first-order valence-corrected chi connectivity index (χ1v) is 10.5. The molecule has 0 spiro atoms. The minimum absolute atomic E-state index is 0.0396. The van der Waals surface area contributed by atoms with Crippen LogP contribution in [0, 0.1) is 0 Å². The Kier molecular flexibility index (Phi) is 7.47. The number of amides is 2. The van der Waals surface area contributed by atoms with Gasteiger partial charge in [0.15, 0.2) is 5.76 Å². The van der Waals surface area contributed by atoms with Crippen LogP contribution in [0.3, 0.4) is 0 Å². The lowest BCUT2D eigenvalue weighted by molar-refractivity contribution is -0.136. The molecule has 168 valence electrons.